The van der Waals surface area contributed by atoms with Gasteiger partial charge in [0.25, 0.3) is 0 Å². The molecular weight excluding hydrogens is 487 g/mol. The van der Waals surface area contributed by atoms with E-state index in [9.17, 15) is 17.6 Å². The molecule has 1 fully saturated rings. The lowest BCUT2D eigenvalue weighted by molar-refractivity contribution is -0.121. The van der Waals surface area contributed by atoms with Crippen LogP contribution >= 0.6 is 11.3 Å². The van der Waals surface area contributed by atoms with Crippen molar-refractivity contribution in [3.05, 3.63) is 53.8 Å². The monoisotopic (exact) mass is 518 g/mol. The third-order valence-electron chi connectivity index (χ3n) is 6.47. The van der Waals surface area contributed by atoms with E-state index in [2.05, 4.69) is 18.7 Å². The van der Waals surface area contributed by atoms with Crippen LogP contribution in [0.4, 0.5) is 9.52 Å². The molecular formula is C25H31FN4O3S2. The predicted octanol–water partition coefficient (Wildman–Crippen LogP) is 4.27. The minimum Gasteiger partial charge on any atom is -0.302 e. The van der Waals surface area contributed by atoms with E-state index < -0.39 is 21.9 Å². The highest BCUT2D eigenvalue weighted by Crippen LogP contribution is 2.33. The molecule has 1 aliphatic rings. The van der Waals surface area contributed by atoms with Crippen LogP contribution in [0.3, 0.4) is 0 Å². The van der Waals surface area contributed by atoms with Crippen molar-refractivity contribution in [1.29, 1.82) is 0 Å². The Morgan fingerprint density at radius 1 is 1.14 bits per heavy atom. The first-order valence-corrected chi connectivity index (χ1v) is 14.2. The second-order valence-corrected chi connectivity index (χ2v) is 11.6. The zero-order valence-corrected chi connectivity index (χ0v) is 21.9. The Kier molecular flexibility index (Phi) is 7.85. The lowest BCUT2D eigenvalue weighted by atomic mass is 10.2. The van der Waals surface area contributed by atoms with Crippen molar-refractivity contribution < 1.29 is 17.6 Å². The van der Waals surface area contributed by atoms with Crippen LogP contribution in [0.5, 0.6) is 0 Å². The summed E-state index contributed by atoms with van der Waals surface area (Å²) in [6, 6.07) is 9.90. The van der Waals surface area contributed by atoms with E-state index in [1.54, 1.807) is 4.90 Å². The van der Waals surface area contributed by atoms with Gasteiger partial charge in [0.05, 0.1) is 15.1 Å². The van der Waals surface area contributed by atoms with Gasteiger partial charge in [-0.25, -0.2) is 17.8 Å². The highest BCUT2D eigenvalue weighted by Gasteiger charge is 2.42. The lowest BCUT2D eigenvalue weighted by Crippen LogP contribution is -2.49. The number of carbonyl (C=O) groups excluding carboxylic acids is 1. The molecule has 2 heterocycles. The summed E-state index contributed by atoms with van der Waals surface area (Å²) in [6.45, 7) is 9.19. The molecule has 0 radical (unpaired) electrons. The fraction of sp³-hybridized carbons (Fsp3) is 0.440. The molecule has 0 N–H and O–H groups in total. The summed E-state index contributed by atoms with van der Waals surface area (Å²) in [4.78, 5) is 22.5. The number of rotatable bonds is 9. The van der Waals surface area contributed by atoms with Crippen LogP contribution in [0.15, 0.2) is 47.4 Å². The number of aryl methyl sites for hydroxylation is 1. The molecule has 1 amide bonds. The van der Waals surface area contributed by atoms with E-state index in [4.69, 9.17) is 4.98 Å². The molecule has 10 heteroatoms. The third-order valence-corrected chi connectivity index (χ3v) is 9.44. The highest BCUT2D eigenvalue weighted by molar-refractivity contribution is 7.89. The molecule has 3 aromatic rings. The molecule has 1 unspecified atom stereocenters. The van der Waals surface area contributed by atoms with Crippen molar-refractivity contribution >= 4 is 42.6 Å². The number of thiazole rings is 1. The maximum absolute atomic E-state index is 13.9. The molecule has 1 saturated heterocycles. The van der Waals surface area contributed by atoms with Gasteiger partial charge in [-0.05, 0) is 74.8 Å². The van der Waals surface area contributed by atoms with Gasteiger partial charge in [-0.1, -0.05) is 31.3 Å². The summed E-state index contributed by atoms with van der Waals surface area (Å²) in [7, 11) is -3.94. The van der Waals surface area contributed by atoms with Crippen LogP contribution in [0.2, 0.25) is 0 Å². The van der Waals surface area contributed by atoms with Gasteiger partial charge in [0.2, 0.25) is 15.9 Å². The maximum Gasteiger partial charge on any atom is 0.247 e. The van der Waals surface area contributed by atoms with Gasteiger partial charge in [-0.3, -0.25) is 9.69 Å². The van der Waals surface area contributed by atoms with Gasteiger partial charge < -0.3 is 4.90 Å². The molecule has 35 heavy (non-hydrogen) atoms. The Morgan fingerprint density at radius 3 is 2.54 bits per heavy atom. The van der Waals surface area contributed by atoms with Crippen molar-refractivity contribution in [2.45, 2.75) is 44.6 Å². The number of fused-ring (bicyclic) bond motifs is 1. The van der Waals surface area contributed by atoms with Crippen LogP contribution < -0.4 is 4.90 Å². The second kappa shape index (κ2) is 10.7. The molecule has 1 atom stereocenters. The number of hydrogen-bond acceptors (Lipinski definition) is 6. The first kappa shape index (κ1) is 25.7. The molecule has 188 valence electrons. The Morgan fingerprint density at radius 2 is 1.86 bits per heavy atom. The number of sulfonamides is 1. The van der Waals surface area contributed by atoms with Gasteiger partial charge in [0.15, 0.2) is 5.13 Å². The average molecular weight is 519 g/mol. The van der Waals surface area contributed by atoms with Gasteiger partial charge in [-0.2, -0.15) is 4.31 Å². The van der Waals surface area contributed by atoms with E-state index in [-0.39, 0.29) is 17.3 Å². The average Bonchev–Trinajstić information content (AvgIpc) is 3.49. The van der Waals surface area contributed by atoms with Crippen LogP contribution in [-0.4, -0.2) is 67.3 Å². The smallest absolute Gasteiger partial charge is 0.247 e. The number of likely N-dealkylation sites (N-methyl/N-ethyl adjacent to an activating group) is 1. The zero-order chi connectivity index (χ0) is 25.2. The minimum atomic E-state index is -3.94. The van der Waals surface area contributed by atoms with Crippen molar-refractivity contribution in [2.24, 2.45) is 0 Å². The molecule has 1 aromatic heterocycles. The van der Waals surface area contributed by atoms with Crippen molar-refractivity contribution in [1.82, 2.24) is 14.2 Å². The number of anilines is 1. The van der Waals surface area contributed by atoms with Crippen LogP contribution in [0.25, 0.3) is 10.2 Å². The van der Waals surface area contributed by atoms with Crippen LogP contribution in [0, 0.1) is 12.7 Å². The van der Waals surface area contributed by atoms with E-state index in [0.29, 0.717) is 31.1 Å². The Balaban J connectivity index is 1.67. The van der Waals surface area contributed by atoms with Crippen molar-refractivity contribution in [3.8, 4) is 0 Å². The molecule has 4 rings (SSSR count). The summed E-state index contributed by atoms with van der Waals surface area (Å²) in [6.07, 6.45) is 1.02. The highest BCUT2D eigenvalue weighted by atomic mass is 32.2. The van der Waals surface area contributed by atoms with E-state index in [0.717, 1.165) is 41.0 Å². The number of hydrogen-bond donors (Lipinski definition) is 0. The number of halogens is 1. The predicted molar refractivity (Wildman–Crippen MR) is 138 cm³/mol. The Labute approximate surface area is 210 Å². The molecule has 2 aromatic carbocycles. The Hall–Kier alpha value is -2.40. The molecule has 0 aliphatic carbocycles. The van der Waals surface area contributed by atoms with Crippen LogP contribution in [-0.2, 0) is 14.8 Å². The SMILES string of the molecule is CCN(CC)CCN(C(=O)C1CCCN1S(=O)(=O)c1ccc(F)cc1)c1nc2ccc(C)cc2s1. The summed E-state index contributed by atoms with van der Waals surface area (Å²) < 4.78 is 42.4. The van der Waals surface area contributed by atoms with Gasteiger partial charge in [-0.15, -0.1) is 0 Å². The number of aromatic nitrogens is 1. The Bertz CT molecular complexity index is 1290. The van der Waals surface area contributed by atoms with Gasteiger partial charge >= 0.3 is 0 Å². The molecule has 1 aliphatic heterocycles. The summed E-state index contributed by atoms with van der Waals surface area (Å²) in [5, 5.41) is 0.578. The summed E-state index contributed by atoms with van der Waals surface area (Å²) in [5.41, 5.74) is 1.93. The van der Waals surface area contributed by atoms with Crippen LogP contribution in [0.1, 0.15) is 32.3 Å². The first-order valence-electron chi connectivity index (χ1n) is 11.9. The summed E-state index contributed by atoms with van der Waals surface area (Å²) in [5.74, 6) is -0.775. The zero-order valence-electron chi connectivity index (χ0n) is 20.3. The standard InChI is InChI=1S/C25H31FN4O3S2/c1-4-28(5-2)15-16-29(25-27-21-13-8-18(3)17-23(21)34-25)24(31)22-7-6-14-30(22)35(32,33)20-11-9-19(26)10-12-20/h8-13,17,22H,4-7,14-16H2,1-3H3. The molecule has 0 bridgehead atoms. The van der Waals surface area contributed by atoms with Gasteiger partial charge in [0.1, 0.15) is 11.9 Å². The van der Waals surface area contributed by atoms with Crippen molar-refractivity contribution in [2.75, 3.05) is 37.6 Å². The number of benzene rings is 2. The molecule has 0 saturated carbocycles. The maximum atomic E-state index is 13.9. The first-order chi connectivity index (χ1) is 16.7. The molecule has 7 nitrogen and oxygen atoms in total. The largest absolute Gasteiger partial charge is 0.302 e. The van der Waals surface area contributed by atoms with E-state index in [1.165, 1.54) is 27.8 Å². The lowest BCUT2D eigenvalue weighted by Gasteiger charge is -2.30. The fourth-order valence-electron chi connectivity index (χ4n) is 4.41. The quantitative estimate of drug-likeness (QED) is 0.423. The van der Waals surface area contributed by atoms with Crippen molar-refractivity contribution in [3.63, 3.8) is 0 Å². The minimum absolute atomic E-state index is 0.0104. The number of carbonyl (C=O) groups is 1. The molecule has 0 spiro atoms. The second-order valence-electron chi connectivity index (χ2n) is 8.71. The van der Waals surface area contributed by atoms with E-state index >= 15 is 0 Å². The third kappa shape index (κ3) is 5.40. The van der Waals surface area contributed by atoms with E-state index in [1.807, 2.05) is 25.1 Å². The normalized spacial score (nSPS) is 16.9. The summed E-state index contributed by atoms with van der Waals surface area (Å²) >= 11 is 1.45. The van der Waals surface area contributed by atoms with Gasteiger partial charge in [0, 0.05) is 19.6 Å². The number of amides is 1. The topological polar surface area (TPSA) is 73.8 Å². The fourth-order valence-corrected chi connectivity index (χ4v) is 7.16. The number of nitrogens with zero attached hydrogens (tertiary/aromatic N) is 4.